The molecule has 0 aliphatic heterocycles. The van der Waals surface area contributed by atoms with Crippen molar-refractivity contribution in [2.45, 2.75) is 0 Å². The fourth-order valence-electron chi connectivity index (χ4n) is 2.40. The molecule has 0 fully saturated rings. The molecule has 0 aliphatic carbocycles. The van der Waals surface area contributed by atoms with E-state index in [2.05, 4.69) is 20.8 Å². The molecule has 10 heteroatoms. The van der Waals surface area contributed by atoms with E-state index in [0.717, 1.165) is 0 Å². The molecule has 0 aromatic heterocycles. The van der Waals surface area contributed by atoms with Crippen molar-refractivity contribution >= 4 is 29.2 Å². The number of para-hydroxylation sites is 2. The van der Waals surface area contributed by atoms with Crippen molar-refractivity contribution < 1.29 is 19.6 Å². The van der Waals surface area contributed by atoms with Crippen LogP contribution in [0.3, 0.4) is 0 Å². The van der Waals surface area contributed by atoms with E-state index >= 15 is 0 Å². The first-order valence-corrected chi connectivity index (χ1v) is 9.01. The molecule has 3 rings (SSSR count). The van der Waals surface area contributed by atoms with Crippen LogP contribution < -0.4 is 10.2 Å². The van der Waals surface area contributed by atoms with Crippen molar-refractivity contribution in [2.24, 2.45) is 15.3 Å². The van der Waals surface area contributed by atoms with Crippen LogP contribution in [-0.2, 0) is 4.79 Å². The zero-order valence-corrected chi connectivity index (χ0v) is 16.1. The second-order valence-corrected chi connectivity index (χ2v) is 6.09. The third kappa shape index (κ3) is 6.19. The number of nitro groups is 1. The van der Waals surface area contributed by atoms with Gasteiger partial charge in [0.15, 0.2) is 12.4 Å². The monoisotopic (exact) mass is 419 g/mol. The molecule has 0 saturated heterocycles. The summed E-state index contributed by atoms with van der Waals surface area (Å²) in [4.78, 5) is 22.2. The number of benzene rings is 3. The van der Waals surface area contributed by atoms with Gasteiger partial charge in [-0.15, -0.1) is 0 Å². The van der Waals surface area contributed by atoms with E-state index in [1.807, 2.05) is 18.2 Å². The van der Waals surface area contributed by atoms with Crippen molar-refractivity contribution in [3.8, 4) is 11.5 Å². The maximum absolute atomic E-state index is 11.9. The highest BCUT2D eigenvalue weighted by Gasteiger charge is 2.14. The number of aromatic hydroxyl groups is 1. The van der Waals surface area contributed by atoms with Crippen molar-refractivity contribution in [1.29, 1.82) is 0 Å². The molecule has 0 radical (unpaired) electrons. The maximum Gasteiger partial charge on any atom is 0.310 e. The molecule has 0 atom stereocenters. The summed E-state index contributed by atoms with van der Waals surface area (Å²) in [5, 5.41) is 32.9. The molecule has 0 aliphatic rings. The Morgan fingerprint density at radius 2 is 1.74 bits per heavy atom. The standard InChI is InChI=1S/C21H17N5O5/c27-19-11-10-17(24-23-16-6-2-1-3-7-16)12-15(19)13-22-25-21(28)14-31-20-9-5-4-8-18(20)26(29)30/h1-13,27H,14H2,(H,25,28)/b22-13-,24-23?. The lowest BCUT2D eigenvalue weighted by atomic mass is 10.2. The second-order valence-electron chi connectivity index (χ2n) is 6.09. The number of phenols is 1. The Morgan fingerprint density at radius 1 is 1.03 bits per heavy atom. The first kappa shape index (κ1) is 21.1. The van der Waals surface area contributed by atoms with Gasteiger partial charge in [0, 0.05) is 11.6 Å². The number of hydrogen-bond acceptors (Lipinski definition) is 8. The minimum absolute atomic E-state index is 0.0271. The van der Waals surface area contributed by atoms with Gasteiger partial charge in [0.25, 0.3) is 5.91 Å². The second kappa shape index (κ2) is 10.3. The number of nitro benzene ring substituents is 1. The van der Waals surface area contributed by atoms with Crippen LogP contribution in [0.25, 0.3) is 0 Å². The Hall–Kier alpha value is -4.60. The normalized spacial score (nSPS) is 11.0. The molecule has 0 spiro atoms. The van der Waals surface area contributed by atoms with Gasteiger partial charge in [-0.05, 0) is 36.4 Å². The first-order valence-electron chi connectivity index (χ1n) is 9.01. The smallest absolute Gasteiger partial charge is 0.310 e. The molecule has 3 aromatic carbocycles. The number of hydrogen-bond donors (Lipinski definition) is 2. The van der Waals surface area contributed by atoms with Crippen molar-refractivity contribution in [1.82, 2.24) is 5.43 Å². The number of azo groups is 1. The molecule has 2 N–H and O–H groups in total. The zero-order chi connectivity index (χ0) is 22.1. The molecule has 0 bridgehead atoms. The van der Waals surface area contributed by atoms with Gasteiger partial charge in [0.1, 0.15) is 5.75 Å². The molecule has 3 aromatic rings. The Bertz CT molecular complexity index is 1130. The van der Waals surface area contributed by atoms with Crippen LogP contribution in [0.5, 0.6) is 11.5 Å². The molecular weight excluding hydrogens is 402 g/mol. The van der Waals surface area contributed by atoms with E-state index in [0.29, 0.717) is 16.9 Å². The number of phenolic OH excluding ortho intramolecular Hbond substituents is 1. The van der Waals surface area contributed by atoms with Crippen LogP contribution in [0.4, 0.5) is 17.1 Å². The largest absolute Gasteiger partial charge is 0.507 e. The van der Waals surface area contributed by atoms with Gasteiger partial charge < -0.3 is 9.84 Å². The molecule has 156 valence electrons. The number of nitrogens with one attached hydrogen (secondary N) is 1. The van der Waals surface area contributed by atoms with Crippen LogP contribution >= 0.6 is 0 Å². The predicted octanol–water partition coefficient (Wildman–Crippen LogP) is 4.24. The predicted molar refractivity (Wildman–Crippen MR) is 113 cm³/mol. The third-order valence-corrected chi connectivity index (χ3v) is 3.86. The number of carbonyl (C=O) groups is 1. The van der Waals surface area contributed by atoms with Crippen LogP contribution in [0, 0.1) is 10.1 Å². The van der Waals surface area contributed by atoms with Crippen molar-refractivity contribution in [2.75, 3.05) is 6.61 Å². The summed E-state index contributed by atoms with van der Waals surface area (Å²) < 4.78 is 5.18. The Morgan fingerprint density at radius 3 is 2.52 bits per heavy atom. The fourth-order valence-corrected chi connectivity index (χ4v) is 2.40. The van der Waals surface area contributed by atoms with Gasteiger partial charge in [-0.1, -0.05) is 30.3 Å². The van der Waals surface area contributed by atoms with Crippen LogP contribution in [0.15, 0.2) is 88.1 Å². The minimum Gasteiger partial charge on any atom is -0.507 e. The highest BCUT2D eigenvalue weighted by Crippen LogP contribution is 2.26. The summed E-state index contributed by atoms with van der Waals surface area (Å²) in [5.41, 5.74) is 3.45. The summed E-state index contributed by atoms with van der Waals surface area (Å²) in [6, 6.07) is 19.4. The average molecular weight is 419 g/mol. The number of hydrazone groups is 1. The summed E-state index contributed by atoms with van der Waals surface area (Å²) >= 11 is 0. The van der Waals surface area contributed by atoms with Gasteiger partial charge in [0.05, 0.1) is 22.5 Å². The van der Waals surface area contributed by atoms with E-state index in [4.69, 9.17) is 4.74 Å². The Balaban J connectivity index is 1.58. The van der Waals surface area contributed by atoms with Gasteiger partial charge in [0.2, 0.25) is 0 Å². The van der Waals surface area contributed by atoms with Gasteiger partial charge in [-0.2, -0.15) is 15.3 Å². The lowest BCUT2D eigenvalue weighted by Gasteiger charge is -2.05. The Labute approximate surface area is 176 Å². The molecule has 0 saturated carbocycles. The van der Waals surface area contributed by atoms with E-state index in [1.165, 1.54) is 30.5 Å². The zero-order valence-electron chi connectivity index (χ0n) is 16.1. The third-order valence-electron chi connectivity index (χ3n) is 3.86. The topological polar surface area (TPSA) is 139 Å². The highest BCUT2D eigenvalue weighted by molar-refractivity contribution is 5.86. The molecular formula is C21H17N5O5. The van der Waals surface area contributed by atoms with Crippen molar-refractivity contribution in [3.05, 3.63) is 88.5 Å². The molecule has 10 nitrogen and oxygen atoms in total. The van der Waals surface area contributed by atoms with Crippen LogP contribution in [-0.4, -0.2) is 28.8 Å². The first-order chi connectivity index (χ1) is 15.0. The SMILES string of the molecule is O=C(COc1ccccc1[N+](=O)[O-])N/N=C\c1cc(N=Nc2ccccc2)ccc1O. The highest BCUT2D eigenvalue weighted by atomic mass is 16.6. The molecule has 31 heavy (non-hydrogen) atoms. The van der Waals surface area contributed by atoms with Crippen molar-refractivity contribution in [3.63, 3.8) is 0 Å². The van der Waals surface area contributed by atoms with E-state index < -0.39 is 17.4 Å². The van der Waals surface area contributed by atoms with Crippen LogP contribution in [0.2, 0.25) is 0 Å². The number of ether oxygens (including phenoxy) is 1. The minimum atomic E-state index is -0.631. The summed E-state index contributed by atoms with van der Waals surface area (Å²) in [7, 11) is 0. The van der Waals surface area contributed by atoms with E-state index in [-0.39, 0.29) is 17.2 Å². The van der Waals surface area contributed by atoms with E-state index in [9.17, 15) is 20.0 Å². The number of rotatable bonds is 8. The van der Waals surface area contributed by atoms with Crippen LogP contribution in [0.1, 0.15) is 5.56 Å². The summed E-state index contributed by atoms with van der Waals surface area (Å²) in [6.45, 7) is -0.473. The quantitative estimate of drug-likeness (QED) is 0.243. The molecule has 0 unspecified atom stereocenters. The fraction of sp³-hybridized carbons (Fsp3) is 0.0476. The number of nitrogens with zero attached hydrogens (tertiary/aromatic N) is 4. The lowest BCUT2D eigenvalue weighted by molar-refractivity contribution is -0.385. The Kier molecular flexibility index (Phi) is 6.99. The maximum atomic E-state index is 11.9. The number of carbonyl (C=O) groups excluding carboxylic acids is 1. The molecule has 1 amide bonds. The van der Waals surface area contributed by atoms with Gasteiger partial charge in [-0.3, -0.25) is 14.9 Å². The molecule has 0 heterocycles. The van der Waals surface area contributed by atoms with Gasteiger partial charge >= 0.3 is 5.69 Å². The van der Waals surface area contributed by atoms with E-state index in [1.54, 1.807) is 30.3 Å². The average Bonchev–Trinajstić information content (AvgIpc) is 2.79. The number of amides is 1. The summed E-state index contributed by atoms with van der Waals surface area (Å²) in [6.07, 6.45) is 1.24. The van der Waals surface area contributed by atoms with Gasteiger partial charge in [-0.25, -0.2) is 5.43 Å². The summed E-state index contributed by atoms with van der Waals surface area (Å²) in [5.74, 6) is -0.720. The lowest BCUT2D eigenvalue weighted by Crippen LogP contribution is -2.24.